The molecule has 0 unspecified atom stereocenters. The van der Waals surface area contributed by atoms with Crippen molar-refractivity contribution in [1.29, 1.82) is 0 Å². The maximum Gasteiger partial charge on any atom is 0.305 e. The number of esters is 1. The van der Waals surface area contributed by atoms with Crippen molar-refractivity contribution in [3.8, 4) is 0 Å². The highest BCUT2D eigenvalue weighted by atomic mass is 16.5. The van der Waals surface area contributed by atoms with E-state index in [1.165, 1.54) is 6.33 Å². The van der Waals surface area contributed by atoms with E-state index in [2.05, 4.69) is 15.3 Å². The number of nitrogens with one attached hydrogen (secondary N) is 1. The Hall–Kier alpha value is -1.85. The fourth-order valence-corrected chi connectivity index (χ4v) is 1.60. The number of aromatic nitrogens is 2. The van der Waals surface area contributed by atoms with Crippen molar-refractivity contribution in [2.24, 2.45) is 0 Å². The summed E-state index contributed by atoms with van der Waals surface area (Å²) in [7, 11) is 0. The summed E-state index contributed by atoms with van der Waals surface area (Å²) in [5.41, 5.74) is 6.67. The van der Waals surface area contributed by atoms with Gasteiger partial charge in [-0.2, -0.15) is 0 Å². The quantitative estimate of drug-likeness (QED) is 0.562. The lowest BCUT2D eigenvalue weighted by Gasteiger charge is -2.10. The summed E-state index contributed by atoms with van der Waals surface area (Å²) < 4.78 is 4.85. The average Bonchev–Trinajstić information content (AvgIpc) is 2.35. The second kappa shape index (κ2) is 7.47. The minimum Gasteiger partial charge on any atom is -0.466 e. The van der Waals surface area contributed by atoms with Crippen molar-refractivity contribution in [3.05, 3.63) is 11.9 Å². The van der Waals surface area contributed by atoms with Gasteiger partial charge in [0.1, 0.15) is 18.0 Å². The predicted molar refractivity (Wildman–Crippen MR) is 70.2 cm³/mol. The summed E-state index contributed by atoms with van der Waals surface area (Å²) in [5, 5.41) is 3.16. The van der Waals surface area contributed by atoms with Crippen molar-refractivity contribution < 1.29 is 9.53 Å². The number of hydrogen-bond acceptors (Lipinski definition) is 6. The molecule has 1 heterocycles. The van der Waals surface area contributed by atoms with Gasteiger partial charge >= 0.3 is 5.97 Å². The fraction of sp³-hybridized carbons (Fsp3) is 0.583. The first kappa shape index (κ1) is 14.2. The highest BCUT2D eigenvalue weighted by molar-refractivity contribution is 5.69. The Morgan fingerprint density at radius 2 is 2.22 bits per heavy atom. The Labute approximate surface area is 107 Å². The molecule has 0 spiro atoms. The van der Waals surface area contributed by atoms with Crippen LogP contribution in [-0.2, 0) is 16.0 Å². The molecule has 0 saturated heterocycles. The Morgan fingerprint density at radius 3 is 2.89 bits per heavy atom. The molecule has 0 fully saturated rings. The molecule has 1 aromatic heterocycles. The molecule has 100 valence electrons. The summed E-state index contributed by atoms with van der Waals surface area (Å²) in [6.45, 7) is 4.88. The van der Waals surface area contributed by atoms with Crippen molar-refractivity contribution in [3.63, 3.8) is 0 Å². The first-order chi connectivity index (χ1) is 8.69. The SMILES string of the molecule is CCOC(=O)CCCNc1ncnc(N)c1CC. The van der Waals surface area contributed by atoms with Gasteiger partial charge in [0, 0.05) is 18.5 Å². The molecular formula is C12H20N4O2. The Bertz CT molecular complexity index is 396. The molecule has 0 aromatic carbocycles. The minimum absolute atomic E-state index is 0.169. The zero-order valence-corrected chi connectivity index (χ0v) is 10.9. The zero-order valence-electron chi connectivity index (χ0n) is 10.9. The lowest BCUT2D eigenvalue weighted by Crippen LogP contribution is -2.11. The Morgan fingerprint density at radius 1 is 1.44 bits per heavy atom. The van der Waals surface area contributed by atoms with Crippen LogP contribution < -0.4 is 11.1 Å². The van der Waals surface area contributed by atoms with Gasteiger partial charge in [0.05, 0.1) is 6.61 Å². The summed E-state index contributed by atoms with van der Waals surface area (Å²) in [6.07, 6.45) is 3.31. The summed E-state index contributed by atoms with van der Waals surface area (Å²) >= 11 is 0. The van der Waals surface area contributed by atoms with Crippen LogP contribution in [0.25, 0.3) is 0 Å². The van der Waals surface area contributed by atoms with E-state index >= 15 is 0 Å². The average molecular weight is 252 g/mol. The molecule has 0 aliphatic heterocycles. The van der Waals surface area contributed by atoms with E-state index < -0.39 is 0 Å². The van der Waals surface area contributed by atoms with Gasteiger partial charge < -0.3 is 15.8 Å². The van der Waals surface area contributed by atoms with Crippen molar-refractivity contribution in [2.75, 3.05) is 24.2 Å². The van der Waals surface area contributed by atoms with Crippen LogP contribution in [0, 0.1) is 0 Å². The summed E-state index contributed by atoms with van der Waals surface area (Å²) in [6, 6.07) is 0. The van der Waals surface area contributed by atoms with Crippen LogP contribution in [0.5, 0.6) is 0 Å². The number of ether oxygens (including phenoxy) is 1. The molecule has 18 heavy (non-hydrogen) atoms. The topological polar surface area (TPSA) is 90.1 Å². The van der Waals surface area contributed by atoms with E-state index in [1.54, 1.807) is 6.92 Å². The third-order valence-electron chi connectivity index (χ3n) is 2.49. The molecule has 3 N–H and O–H groups in total. The number of nitrogens with two attached hydrogens (primary N) is 1. The van der Waals surface area contributed by atoms with E-state index in [-0.39, 0.29) is 5.97 Å². The van der Waals surface area contributed by atoms with E-state index in [0.29, 0.717) is 31.8 Å². The van der Waals surface area contributed by atoms with Gasteiger partial charge in [0.25, 0.3) is 0 Å². The maximum atomic E-state index is 11.1. The second-order valence-electron chi connectivity index (χ2n) is 3.77. The van der Waals surface area contributed by atoms with Gasteiger partial charge in [-0.1, -0.05) is 6.92 Å². The van der Waals surface area contributed by atoms with Crippen molar-refractivity contribution in [2.45, 2.75) is 33.1 Å². The van der Waals surface area contributed by atoms with Gasteiger partial charge in [0.15, 0.2) is 0 Å². The third-order valence-corrected chi connectivity index (χ3v) is 2.49. The lowest BCUT2D eigenvalue weighted by molar-refractivity contribution is -0.143. The Kier molecular flexibility index (Phi) is 5.90. The summed E-state index contributed by atoms with van der Waals surface area (Å²) in [4.78, 5) is 19.2. The predicted octanol–water partition coefficient (Wildman–Crippen LogP) is 1.38. The van der Waals surface area contributed by atoms with Gasteiger partial charge in [-0.3, -0.25) is 4.79 Å². The number of rotatable bonds is 7. The lowest BCUT2D eigenvalue weighted by atomic mass is 10.2. The first-order valence-corrected chi connectivity index (χ1v) is 6.17. The highest BCUT2D eigenvalue weighted by Gasteiger charge is 2.07. The van der Waals surface area contributed by atoms with Gasteiger partial charge in [-0.05, 0) is 19.8 Å². The van der Waals surface area contributed by atoms with E-state index in [9.17, 15) is 4.79 Å². The maximum absolute atomic E-state index is 11.1. The number of carbonyl (C=O) groups is 1. The number of hydrogen-bond donors (Lipinski definition) is 2. The zero-order chi connectivity index (χ0) is 13.4. The van der Waals surface area contributed by atoms with Crippen molar-refractivity contribution >= 4 is 17.6 Å². The molecule has 6 heteroatoms. The van der Waals surface area contributed by atoms with E-state index in [4.69, 9.17) is 10.5 Å². The number of carbonyl (C=O) groups excluding carboxylic acids is 1. The molecule has 6 nitrogen and oxygen atoms in total. The van der Waals surface area contributed by atoms with Crippen LogP contribution >= 0.6 is 0 Å². The molecular weight excluding hydrogens is 232 g/mol. The minimum atomic E-state index is -0.169. The molecule has 0 atom stereocenters. The normalized spacial score (nSPS) is 10.1. The van der Waals surface area contributed by atoms with E-state index in [1.807, 2.05) is 6.92 Å². The van der Waals surface area contributed by atoms with Crippen LogP contribution in [0.4, 0.5) is 11.6 Å². The second-order valence-corrected chi connectivity index (χ2v) is 3.77. The molecule has 1 rings (SSSR count). The van der Waals surface area contributed by atoms with Crippen LogP contribution in [0.2, 0.25) is 0 Å². The summed E-state index contributed by atoms with van der Waals surface area (Å²) in [5.74, 6) is 1.08. The smallest absolute Gasteiger partial charge is 0.305 e. The van der Waals surface area contributed by atoms with Crippen molar-refractivity contribution in [1.82, 2.24) is 9.97 Å². The van der Waals surface area contributed by atoms with Crippen LogP contribution in [-0.4, -0.2) is 29.1 Å². The number of nitrogen functional groups attached to an aromatic ring is 1. The fourth-order valence-electron chi connectivity index (χ4n) is 1.60. The first-order valence-electron chi connectivity index (χ1n) is 6.17. The monoisotopic (exact) mass is 252 g/mol. The van der Waals surface area contributed by atoms with Crippen LogP contribution in [0.1, 0.15) is 32.3 Å². The number of nitrogens with zero attached hydrogens (tertiary/aromatic N) is 2. The molecule has 0 aliphatic carbocycles. The largest absolute Gasteiger partial charge is 0.466 e. The molecule has 0 saturated carbocycles. The molecule has 0 aliphatic rings. The van der Waals surface area contributed by atoms with Gasteiger partial charge in [-0.15, -0.1) is 0 Å². The van der Waals surface area contributed by atoms with Crippen LogP contribution in [0.3, 0.4) is 0 Å². The standard InChI is InChI=1S/C12H20N4O2/c1-3-9-11(13)15-8-16-12(9)14-7-5-6-10(17)18-4-2/h8H,3-7H2,1-2H3,(H3,13,14,15,16). The van der Waals surface area contributed by atoms with Gasteiger partial charge in [0.2, 0.25) is 0 Å². The van der Waals surface area contributed by atoms with Gasteiger partial charge in [-0.25, -0.2) is 9.97 Å². The molecule has 0 amide bonds. The molecule has 0 bridgehead atoms. The molecule has 0 radical (unpaired) electrons. The third kappa shape index (κ3) is 4.20. The highest BCUT2D eigenvalue weighted by Crippen LogP contribution is 2.17. The van der Waals surface area contributed by atoms with Crippen LogP contribution in [0.15, 0.2) is 6.33 Å². The molecule has 1 aromatic rings. The number of anilines is 2. The van der Waals surface area contributed by atoms with E-state index in [0.717, 1.165) is 17.8 Å². The Balaban J connectivity index is 2.40.